The summed E-state index contributed by atoms with van der Waals surface area (Å²) in [6, 6.07) is 0. The minimum Gasteiger partial charge on any atom is -0.460 e. The summed E-state index contributed by atoms with van der Waals surface area (Å²) in [5, 5.41) is 8.87. The van der Waals surface area contributed by atoms with Crippen molar-refractivity contribution in [1.82, 2.24) is 0 Å². The molecule has 1 N–H and O–H groups in total. The summed E-state index contributed by atoms with van der Waals surface area (Å²) in [7, 11) is 0. The van der Waals surface area contributed by atoms with Crippen LogP contribution in [0.2, 0.25) is 0 Å². The van der Waals surface area contributed by atoms with Gasteiger partial charge < -0.3 is 9.84 Å². The van der Waals surface area contributed by atoms with Gasteiger partial charge in [0.05, 0.1) is 6.42 Å². The van der Waals surface area contributed by atoms with Crippen LogP contribution in [0, 0.1) is 5.92 Å². The third-order valence-corrected chi connectivity index (χ3v) is 1.71. The van der Waals surface area contributed by atoms with Crippen LogP contribution in [0.5, 0.6) is 0 Å². The van der Waals surface area contributed by atoms with E-state index in [1.807, 2.05) is 27.7 Å². The second-order valence-electron chi connectivity index (χ2n) is 4.25. The lowest BCUT2D eigenvalue weighted by Gasteiger charge is -2.21. The molecule has 0 saturated carbocycles. The van der Waals surface area contributed by atoms with E-state index in [4.69, 9.17) is 9.84 Å². The summed E-state index contributed by atoms with van der Waals surface area (Å²) in [6.07, 6.45) is 1.11. The first-order valence-corrected chi connectivity index (χ1v) is 4.71. The fourth-order valence-corrected chi connectivity index (χ4v) is 0.957. The van der Waals surface area contributed by atoms with E-state index in [9.17, 15) is 4.79 Å². The largest absolute Gasteiger partial charge is 0.460 e. The highest BCUT2D eigenvalue weighted by Crippen LogP contribution is 2.13. The lowest BCUT2D eigenvalue weighted by Crippen LogP contribution is -2.25. The van der Waals surface area contributed by atoms with Crippen LogP contribution in [0.15, 0.2) is 0 Å². The number of esters is 1. The molecule has 3 heteroatoms. The molecule has 0 spiro atoms. The summed E-state index contributed by atoms with van der Waals surface area (Å²) in [6.45, 7) is 7.52. The number of rotatable bonds is 4. The molecule has 0 aromatic heterocycles. The van der Waals surface area contributed by atoms with Crippen molar-refractivity contribution in [2.45, 2.75) is 46.1 Å². The van der Waals surface area contributed by atoms with Crippen molar-refractivity contribution in [1.29, 1.82) is 0 Å². The molecule has 3 nitrogen and oxygen atoms in total. The highest BCUT2D eigenvalue weighted by molar-refractivity contribution is 5.70. The Balaban J connectivity index is 3.86. The Morgan fingerprint density at radius 3 is 2.31 bits per heavy atom. The van der Waals surface area contributed by atoms with Crippen molar-refractivity contribution in [3.05, 3.63) is 0 Å². The van der Waals surface area contributed by atoms with E-state index in [0.717, 1.165) is 6.42 Å². The van der Waals surface area contributed by atoms with Gasteiger partial charge in [-0.2, -0.15) is 0 Å². The molecule has 0 aromatic rings. The molecule has 0 rings (SSSR count). The summed E-state index contributed by atoms with van der Waals surface area (Å²) in [5.74, 6) is -0.191. The summed E-state index contributed by atoms with van der Waals surface area (Å²) < 4.78 is 5.12. The van der Waals surface area contributed by atoms with Crippen molar-refractivity contribution in [3.63, 3.8) is 0 Å². The predicted octanol–water partition coefficient (Wildman–Crippen LogP) is 1.74. The van der Waals surface area contributed by atoms with E-state index < -0.39 is 5.60 Å². The third kappa shape index (κ3) is 6.58. The van der Waals surface area contributed by atoms with E-state index in [0.29, 0.717) is 6.42 Å². The van der Waals surface area contributed by atoms with Crippen LogP contribution in [0.3, 0.4) is 0 Å². The van der Waals surface area contributed by atoms with Gasteiger partial charge in [0.1, 0.15) is 5.60 Å². The second kappa shape index (κ2) is 5.22. The highest BCUT2D eigenvalue weighted by atomic mass is 16.6. The van der Waals surface area contributed by atoms with Crippen molar-refractivity contribution < 1.29 is 14.6 Å². The molecule has 0 heterocycles. The van der Waals surface area contributed by atoms with Gasteiger partial charge in [-0.15, -0.1) is 0 Å². The van der Waals surface area contributed by atoms with Gasteiger partial charge in [0.25, 0.3) is 0 Å². The Kier molecular flexibility index (Phi) is 4.99. The van der Waals surface area contributed by atoms with E-state index in [1.165, 1.54) is 0 Å². The molecular formula is C10H20O3. The molecule has 0 amide bonds. The molecule has 0 bridgehead atoms. The zero-order chi connectivity index (χ0) is 10.5. The van der Waals surface area contributed by atoms with Crippen molar-refractivity contribution in [3.8, 4) is 0 Å². The molecular weight excluding hydrogens is 168 g/mol. The Hall–Kier alpha value is -0.570. The van der Waals surface area contributed by atoms with Crippen LogP contribution in [-0.4, -0.2) is 23.3 Å². The lowest BCUT2D eigenvalue weighted by atomic mass is 10.0. The predicted molar refractivity (Wildman–Crippen MR) is 51.3 cm³/mol. The normalized spacial score (nSPS) is 13.9. The monoisotopic (exact) mass is 188 g/mol. The molecule has 0 aromatic carbocycles. The number of hydrogen-bond donors (Lipinski definition) is 1. The number of carbonyl (C=O) groups excluding carboxylic acids is 1. The Morgan fingerprint density at radius 2 is 2.00 bits per heavy atom. The maximum atomic E-state index is 11.3. The maximum absolute atomic E-state index is 11.3. The standard InChI is InChI=1S/C10H20O3/c1-5-8(7-11)6-9(12)13-10(2,3)4/h8,11H,5-7H2,1-4H3/t8-/m1/s1. The maximum Gasteiger partial charge on any atom is 0.306 e. The van der Waals surface area contributed by atoms with Crippen LogP contribution in [0.1, 0.15) is 40.5 Å². The van der Waals surface area contributed by atoms with Gasteiger partial charge in [0, 0.05) is 6.61 Å². The quantitative estimate of drug-likeness (QED) is 0.683. The van der Waals surface area contributed by atoms with E-state index in [2.05, 4.69) is 0 Å². The van der Waals surface area contributed by atoms with Gasteiger partial charge in [0.2, 0.25) is 0 Å². The number of carbonyl (C=O) groups is 1. The Morgan fingerprint density at radius 1 is 1.46 bits per heavy atom. The fraction of sp³-hybridized carbons (Fsp3) is 0.900. The molecule has 0 fully saturated rings. The van der Waals surface area contributed by atoms with Crippen molar-refractivity contribution in [2.24, 2.45) is 5.92 Å². The number of ether oxygens (including phenoxy) is 1. The van der Waals surface area contributed by atoms with Gasteiger partial charge in [0.15, 0.2) is 0 Å². The van der Waals surface area contributed by atoms with Crippen LogP contribution in [0.4, 0.5) is 0 Å². The molecule has 0 radical (unpaired) electrons. The minimum absolute atomic E-state index is 0.0369. The number of hydrogen-bond acceptors (Lipinski definition) is 3. The van der Waals surface area contributed by atoms with E-state index >= 15 is 0 Å². The van der Waals surface area contributed by atoms with Crippen molar-refractivity contribution in [2.75, 3.05) is 6.61 Å². The summed E-state index contributed by atoms with van der Waals surface area (Å²) in [5.41, 5.74) is -0.426. The summed E-state index contributed by atoms with van der Waals surface area (Å²) >= 11 is 0. The van der Waals surface area contributed by atoms with Crippen LogP contribution in [0.25, 0.3) is 0 Å². The highest BCUT2D eigenvalue weighted by Gasteiger charge is 2.18. The molecule has 13 heavy (non-hydrogen) atoms. The van der Waals surface area contributed by atoms with Gasteiger partial charge in [-0.05, 0) is 26.7 Å². The Labute approximate surface area is 80.1 Å². The van der Waals surface area contributed by atoms with Crippen LogP contribution < -0.4 is 0 Å². The van der Waals surface area contributed by atoms with Crippen LogP contribution >= 0.6 is 0 Å². The molecule has 0 unspecified atom stereocenters. The molecule has 0 aliphatic heterocycles. The lowest BCUT2D eigenvalue weighted by molar-refractivity contribution is -0.156. The molecule has 0 aliphatic carbocycles. The van der Waals surface area contributed by atoms with Gasteiger partial charge in [-0.3, -0.25) is 4.79 Å². The van der Waals surface area contributed by atoms with E-state index in [-0.39, 0.29) is 18.5 Å². The SMILES string of the molecule is CC[C@@H](CO)CC(=O)OC(C)(C)C. The first-order chi connectivity index (χ1) is 5.89. The minimum atomic E-state index is -0.426. The Bertz CT molecular complexity index is 154. The number of aliphatic hydroxyl groups excluding tert-OH is 1. The zero-order valence-electron chi connectivity index (χ0n) is 8.96. The third-order valence-electron chi connectivity index (χ3n) is 1.71. The molecule has 78 valence electrons. The first kappa shape index (κ1) is 12.4. The van der Waals surface area contributed by atoms with Gasteiger partial charge in [-0.25, -0.2) is 0 Å². The molecule has 0 saturated heterocycles. The second-order valence-corrected chi connectivity index (χ2v) is 4.25. The van der Waals surface area contributed by atoms with Crippen LogP contribution in [-0.2, 0) is 9.53 Å². The first-order valence-electron chi connectivity index (χ1n) is 4.71. The van der Waals surface area contributed by atoms with Gasteiger partial charge in [-0.1, -0.05) is 13.3 Å². The zero-order valence-corrected chi connectivity index (χ0v) is 8.96. The average molecular weight is 188 g/mol. The average Bonchev–Trinajstić information content (AvgIpc) is 1.96. The number of aliphatic hydroxyl groups is 1. The van der Waals surface area contributed by atoms with Gasteiger partial charge >= 0.3 is 5.97 Å². The van der Waals surface area contributed by atoms with Crippen molar-refractivity contribution >= 4 is 5.97 Å². The summed E-state index contributed by atoms with van der Waals surface area (Å²) in [4.78, 5) is 11.3. The fourth-order valence-electron chi connectivity index (χ4n) is 0.957. The topological polar surface area (TPSA) is 46.5 Å². The molecule has 0 aliphatic rings. The smallest absolute Gasteiger partial charge is 0.306 e. The molecule has 1 atom stereocenters. The van der Waals surface area contributed by atoms with E-state index in [1.54, 1.807) is 0 Å².